The van der Waals surface area contributed by atoms with Crippen molar-refractivity contribution in [3.05, 3.63) is 0 Å². The normalized spacial score (nSPS) is 24.5. The first kappa shape index (κ1) is 12.8. The van der Waals surface area contributed by atoms with Crippen LogP contribution >= 0.6 is 0 Å². The van der Waals surface area contributed by atoms with Gasteiger partial charge in [-0.25, -0.2) is 0 Å². The minimum Gasteiger partial charge on any atom is -0.396 e. The summed E-state index contributed by atoms with van der Waals surface area (Å²) >= 11 is 0. The van der Waals surface area contributed by atoms with Crippen LogP contribution in [0.5, 0.6) is 0 Å². The highest BCUT2D eigenvalue weighted by Crippen LogP contribution is 2.32. The lowest BCUT2D eigenvalue weighted by Crippen LogP contribution is -2.55. The number of carbonyl (C=O) groups excluding carboxylic acids is 1. The quantitative estimate of drug-likeness (QED) is 0.762. The van der Waals surface area contributed by atoms with Crippen LogP contribution in [0.4, 0.5) is 0 Å². The number of hydrogen-bond donors (Lipinski definition) is 2. The summed E-state index contributed by atoms with van der Waals surface area (Å²) in [5.41, 5.74) is 0.0413. The fraction of sp³-hybridized carbons (Fsp3) is 0.923. The largest absolute Gasteiger partial charge is 0.396 e. The molecule has 17 heavy (non-hydrogen) atoms. The third kappa shape index (κ3) is 2.80. The Hall–Kier alpha value is -0.610. The third-order valence-electron chi connectivity index (χ3n) is 4.40. The van der Waals surface area contributed by atoms with Crippen LogP contribution < -0.4 is 5.32 Å². The van der Waals surface area contributed by atoms with Gasteiger partial charge in [0.25, 0.3) is 0 Å². The number of aliphatic hydroxyl groups is 1. The number of nitrogens with one attached hydrogen (secondary N) is 1. The zero-order valence-corrected chi connectivity index (χ0v) is 10.7. The van der Waals surface area contributed by atoms with Crippen molar-refractivity contribution in [3.63, 3.8) is 0 Å². The highest BCUT2D eigenvalue weighted by molar-refractivity contribution is 5.78. The number of rotatable bonds is 4. The lowest BCUT2D eigenvalue weighted by Gasteiger charge is -2.42. The summed E-state index contributed by atoms with van der Waals surface area (Å²) in [7, 11) is 1.98. The van der Waals surface area contributed by atoms with Crippen LogP contribution in [0.3, 0.4) is 0 Å². The van der Waals surface area contributed by atoms with Gasteiger partial charge >= 0.3 is 0 Å². The Bertz CT molecular complexity index is 269. The number of aliphatic hydroxyl groups excluding tert-OH is 1. The molecule has 2 N–H and O–H groups in total. The van der Waals surface area contributed by atoms with E-state index in [2.05, 4.69) is 5.32 Å². The summed E-state index contributed by atoms with van der Waals surface area (Å²) in [5.74, 6) is 0.571. The van der Waals surface area contributed by atoms with Crippen LogP contribution in [0.1, 0.15) is 38.5 Å². The number of carbonyl (C=O) groups is 1. The molecule has 2 aliphatic rings. The van der Waals surface area contributed by atoms with E-state index in [1.807, 2.05) is 11.9 Å². The standard InChI is InChI=1S/C13H24N2O2/c1-14-13(5-3-2-4-6-13)7-12(17)15-8-11(9-15)10-16/h11,14,16H,2-10H2,1H3. The monoisotopic (exact) mass is 240 g/mol. The molecule has 0 aromatic rings. The predicted molar refractivity (Wildman–Crippen MR) is 66.6 cm³/mol. The number of nitrogens with zero attached hydrogens (tertiary/aromatic N) is 1. The Morgan fingerprint density at radius 3 is 2.53 bits per heavy atom. The van der Waals surface area contributed by atoms with Crippen molar-refractivity contribution in [2.75, 3.05) is 26.7 Å². The molecule has 1 amide bonds. The van der Waals surface area contributed by atoms with Crippen molar-refractivity contribution in [2.45, 2.75) is 44.1 Å². The van der Waals surface area contributed by atoms with Gasteiger partial charge in [0.2, 0.25) is 5.91 Å². The van der Waals surface area contributed by atoms with E-state index < -0.39 is 0 Å². The van der Waals surface area contributed by atoms with Crippen molar-refractivity contribution in [1.29, 1.82) is 0 Å². The molecule has 98 valence electrons. The molecule has 1 saturated heterocycles. The maximum absolute atomic E-state index is 12.1. The maximum atomic E-state index is 12.1. The van der Waals surface area contributed by atoms with Crippen LogP contribution in [0.15, 0.2) is 0 Å². The molecule has 1 saturated carbocycles. The van der Waals surface area contributed by atoms with E-state index in [9.17, 15) is 4.79 Å². The van der Waals surface area contributed by atoms with Gasteiger partial charge in [0.1, 0.15) is 0 Å². The third-order valence-corrected chi connectivity index (χ3v) is 4.40. The van der Waals surface area contributed by atoms with Crippen molar-refractivity contribution < 1.29 is 9.90 Å². The van der Waals surface area contributed by atoms with Crippen LogP contribution in [0.25, 0.3) is 0 Å². The smallest absolute Gasteiger partial charge is 0.224 e. The number of hydrogen-bond acceptors (Lipinski definition) is 3. The van der Waals surface area contributed by atoms with Gasteiger partial charge in [-0.2, -0.15) is 0 Å². The van der Waals surface area contributed by atoms with Crippen molar-refractivity contribution in [1.82, 2.24) is 10.2 Å². The van der Waals surface area contributed by atoms with Crippen molar-refractivity contribution in [2.24, 2.45) is 5.92 Å². The lowest BCUT2D eigenvalue weighted by atomic mass is 9.78. The van der Waals surface area contributed by atoms with Crippen molar-refractivity contribution >= 4 is 5.91 Å². The molecule has 0 spiro atoms. The SMILES string of the molecule is CNC1(CC(=O)N2CC(CO)C2)CCCCC1. The molecule has 2 fully saturated rings. The Morgan fingerprint density at radius 1 is 1.35 bits per heavy atom. The van der Waals surface area contributed by atoms with E-state index in [1.54, 1.807) is 0 Å². The van der Waals surface area contributed by atoms with Gasteiger partial charge in [0, 0.05) is 37.6 Å². The summed E-state index contributed by atoms with van der Waals surface area (Å²) in [6, 6.07) is 0. The second-order valence-electron chi connectivity index (χ2n) is 5.62. The summed E-state index contributed by atoms with van der Waals surface area (Å²) in [6.45, 7) is 1.70. The molecule has 0 aromatic carbocycles. The number of likely N-dealkylation sites (tertiary alicyclic amines) is 1. The zero-order chi connectivity index (χ0) is 12.3. The summed E-state index contributed by atoms with van der Waals surface area (Å²) in [5, 5.41) is 12.3. The lowest BCUT2D eigenvalue weighted by molar-refractivity contribution is -0.140. The molecule has 4 heteroatoms. The van der Waals surface area contributed by atoms with Crippen molar-refractivity contribution in [3.8, 4) is 0 Å². The van der Waals surface area contributed by atoms with E-state index in [1.165, 1.54) is 19.3 Å². The van der Waals surface area contributed by atoms with Gasteiger partial charge in [-0.1, -0.05) is 19.3 Å². The van der Waals surface area contributed by atoms with Gasteiger partial charge < -0.3 is 15.3 Å². The topological polar surface area (TPSA) is 52.6 Å². The van der Waals surface area contributed by atoms with Crippen LogP contribution in [0.2, 0.25) is 0 Å². The Balaban J connectivity index is 1.84. The summed E-state index contributed by atoms with van der Waals surface area (Å²) in [6.07, 6.45) is 6.62. The summed E-state index contributed by atoms with van der Waals surface area (Å²) < 4.78 is 0. The molecule has 0 unspecified atom stereocenters. The zero-order valence-electron chi connectivity index (χ0n) is 10.7. The minimum atomic E-state index is 0.0413. The predicted octanol–water partition coefficient (Wildman–Crippen LogP) is 0.749. The molecule has 1 aliphatic carbocycles. The van der Waals surface area contributed by atoms with E-state index in [0.717, 1.165) is 25.9 Å². The second kappa shape index (κ2) is 5.36. The fourth-order valence-corrected chi connectivity index (χ4v) is 3.03. The first-order valence-corrected chi connectivity index (χ1v) is 6.77. The van der Waals surface area contributed by atoms with Gasteiger partial charge in [-0.3, -0.25) is 4.79 Å². The molecule has 1 heterocycles. The molecule has 0 atom stereocenters. The molecular weight excluding hydrogens is 216 g/mol. The molecule has 2 rings (SSSR count). The average molecular weight is 240 g/mol. The molecular formula is C13H24N2O2. The van der Waals surface area contributed by atoms with Gasteiger partial charge in [-0.15, -0.1) is 0 Å². The highest BCUT2D eigenvalue weighted by Gasteiger charge is 2.37. The Morgan fingerprint density at radius 2 is 2.00 bits per heavy atom. The first-order valence-electron chi connectivity index (χ1n) is 6.77. The van der Waals surface area contributed by atoms with Crippen LogP contribution in [0, 0.1) is 5.92 Å². The Labute approximate surface area is 103 Å². The maximum Gasteiger partial charge on any atom is 0.224 e. The van der Waals surface area contributed by atoms with Gasteiger partial charge in [0.05, 0.1) is 0 Å². The molecule has 4 nitrogen and oxygen atoms in total. The van der Waals surface area contributed by atoms with E-state index >= 15 is 0 Å². The van der Waals surface area contributed by atoms with Crippen LogP contribution in [-0.4, -0.2) is 48.2 Å². The second-order valence-corrected chi connectivity index (χ2v) is 5.62. The first-order chi connectivity index (χ1) is 8.19. The van der Waals surface area contributed by atoms with E-state index in [4.69, 9.17) is 5.11 Å². The van der Waals surface area contributed by atoms with E-state index in [-0.39, 0.29) is 18.1 Å². The minimum absolute atomic E-state index is 0.0413. The molecule has 0 aromatic heterocycles. The molecule has 1 aliphatic heterocycles. The Kier molecular flexibility index (Phi) is 4.05. The summed E-state index contributed by atoms with van der Waals surface area (Å²) in [4.78, 5) is 14.0. The van der Waals surface area contributed by atoms with Crippen LogP contribution in [-0.2, 0) is 4.79 Å². The molecule has 0 radical (unpaired) electrons. The molecule has 0 bridgehead atoms. The van der Waals surface area contributed by atoms with E-state index in [0.29, 0.717) is 12.3 Å². The number of amides is 1. The average Bonchev–Trinajstić information content (AvgIpc) is 2.29. The highest BCUT2D eigenvalue weighted by atomic mass is 16.3. The van der Waals surface area contributed by atoms with Gasteiger partial charge in [0.15, 0.2) is 0 Å². The fourth-order valence-electron chi connectivity index (χ4n) is 3.03. The van der Waals surface area contributed by atoms with Gasteiger partial charge in [-0.05, 0) is 19.9 Å².